The average Bonchev–Trinajstić information content (AvgIpc) is 2.41. The Morgan fingerprint density at radius 1 is 1.11 bits per heavy atom. The molecular formula is C13H26N4O. The highest BCUT2D eigenvalue weighted by atomic mass is 16.2. The highest BCUT2D eigenvalue weighted by molar-refractivity contribution is 5.73. The fourth-order valence-electron chi connectivity index (χ4n) is 2.90. The third-order valence-electron chi connectivity index (χ3n) is 4.23. The number of nitrogens with zero attached hydrogens (tertiary/aromatic N) is 3. The van der Waals surface area contributed by atoms with E-state index in [0.717, 1.165) is 32.1 Å². The van der Waals surface area contributed by atoms with Gasteiger partial charge in [0.1, 0.15) is 0 Å². The van der Waals surface area contributed by atoms with Gasteiger partial charge in [0, 0.05) is 39.8 Å². The second kappa shape index (κ2) is 6.38. The van der Waals surface area contributed by atoms with Crippen LogP contribution in [-0.4, -0.2) is 80.6 Å². The molecule has 104 valence electrons. The highest BCUT2D eigenvalue weighted by Crippen LogP contribution is 2.18. The molecule has 0 spiro atoms. The van der Waals surface area contributed by atoms with Crippen molar-refractivity contribution in [3.05, 3.63) is 0 Å². The van der Waals surface area contributed by atoms with Crippen LogP contribution in [0.15, 0.2) is 0 Å². The van der Waals surface area contributed by atoms with E-state index in [2.05, 4.69) is 22.2 Å². The van der Waals surface area contributed by atoms with Crippen molar-refractivity contribution in [2.24, 2.45) is 5.92 Å². The Labute approximate surface area is 110 Å². The molecule has 2 amide bonds. The van der Waals surface area contributed by atoms with E-state index in [4.69, 9.17) is 0 Å². The fraction of sp³-hybridized carbons (Fsp3) is 0.923. The summed E-state index contributed by atoms with van der Waals surface area (Å²) in [6.45, 7) is 7.49. The minimum absolute atomic E-state index is 0.0638. The van der Waals surface area contributed by atoms with Crippen molar-refractivity contribution < 1.29 is 4.79 Å². The van der Waals surface area contributed by atoms with Gasteiger partial charge in [-0.1, -0.05) is 0 Å². The lowest BCUT2D eigenvalue weighted by Gasteiger charge is -2.38. The van der Waals surface area contributed by atoms with Crippen LogP contribution in [0.4, 0.5) is 4.79 Å². The van der Waals surface area contributed by atoms with Crippen LogP contribution in [0.3, 0.4) is 0 Å². The number of hydrogen-bond acceptors (Lipinski definition) is 3. The molecule has 2 aliphatic heterocycles. The monoisotopic (exact) mass is 254 g/mol. The molecule has 0 saturated carbocycles. The Morgan fingerprint density at radius 2 is 1.72 bits per heavy atom. The Balaban J connectivity index is 1.69. The molecule has 0 aromatic carbocycles. The third kappa shape index (κ3) is 3.59. The Morgan fingerprint density at radius 3 is 2.28 bits per heavy atom. The number of rotatable bonds is 2. The number of likely N-dealkylation sites (tertiary alicyclic amines) is 1. The largest absolute Gasteiger partial charge is 0.341 e. The lowest BCUT2D eigenvalue weighted by Crippen LogP contribution is -2.52. The van der Waals surface area contributed by atoms with E-state index in [1.165, 1.54) is 32.5 Å². The molecule has 0 aromatic heterocycles. The number of piperidine rings is 1. The van der Waals surface area contributed by atoms with Crippen LogP contribution in [0.1, 0.15) is 12.8 Å². The Kier molecular flexibility index (Phi) is 4.83. The molecule has 1 N–H and O–H groups in total. The summed E-state index contributed by atoms with van der Waals surface area (Å²) in [6.07, 6.45) is 2.65. The molecule has 5 heteroatoms. The summed E-state index contributed by atoms with van der Waals surface area (Å²) in [5.41, 5.74) is 0. The van der Waals surface area contributed by atoms with Crippen molar-refractivity contribution in [2.75, 3.05) is 59.9 Å². The molecule has 2 rings (SSSR count). The summed E-state index contributed by atoms with van der Waals surface area (Å²) in [5.74, 6) is 0.854. The number of carbonyl (C=O) groups excluding carboxylic acids is 1. The maximum absolute atomic E-state index is 11.5. The summed E-state index contributed by atoms with van der Waals surface area (Å²) >= 11 is 0. The second-order valence-corrected chi connectivity index (χ2v) is 5.59. The Bertz CT molecular complexity index is 268. The van der Waals surface area contributed by atoms with Crippen LogP contribution in [0.5, 0.6) is 0 Å². The third-order valence-corrected chi connectivity index (χ3v) is 4.23. The van der Waals surface area contributed by atoms with Crippen molar-refractivity contribution in [1.82, 2.24) is 20.0 Å². The molecule has 5 nitrogen and oxygen atoms in total. The van der Waals surface area contributed by atoms with Crippen LogP contribution in [0.2, 0.25) is 0 Å². The normalized spacial score (nSPS) is 24.2. The summed E-state index contributed by atoms with van der Waals surface area (Å²) in [6, 6.07) is 0.0638. The SMILES string of the molecule is CNC(=O)N1CCN(CC2CCN(C)CC2)CC1. The first-order valence-electron chi connectivity index (χ1n) is 7.06. The quantitative estimate of drug-likeness (QED) is 0.769. The zero-order valence-electron chi connectivity index (χ0n) is 11.7. The molecule has 2 saturated heterocycles. The molecule has 18 heavy (non-hydrogen) atoms. The molecule has 2 heterocycles. The predicted molar refractivity (Wildman–Crippen MR) is 72.7 cm³/mol. The van der Waals surface area contributed by atoms with Gasteiger partial charge in [-0.2, -0.15) is 0 Å². The molecule has 0 aromatic rings. The standard InChI is InChI=1S/C13H26N4O/c1-14-13(18)17-9-7-16(8-10-17)11-12-3-5-15(2)6-4-12/h12H,3-11H2,1-2H3,(H,14,18). The summed E-state index contributed by atoms with van der Waals surface area (Å²) in [4.78, 5) is 18.3. The zero-order valence-corrected chi connectivity index (χ0v) is 11.7. The minimum atomic E-state index is 0.0638. The summed E-state index contributed by atoms with van der Waals surface area (Å²) < 4.78 is 0. The van der Waals surface area contributed by atoms with Crippen LogP contribution in [-0.2, 0) is 0 Å². The van der Waals surface area contributed by atoms with E-state index in [0.29, 0.717) is 0 Å². The van der Waals surface area contributed by atoms with Gasteiger partial charge in [-0.15, -0.1) is 0 Å². The van der Waals surface area contributed by atoms with E-state index >= 15 is 0 Å². The maximum Gasteiger partial charge on any atom is 0.317 e. The number of nitrogens with one attached hydrogen (secondary N) is 1. The van der Waals surface area contributed by atoms with Gasteiger partial charge in [-0.05, 0) is 38.9 Å². The van der Waals surface area contributed by atoms with Crippen molar-refractivity contribution in [1.29, 1.82) is 0 Å². The average molecular weight is 254 g/mol. The molecule has 0 bridgehead atoms. The first kappa shape index (κ1) is 13.6. The van der Waals surface area contributed by atoms with Crippen LogP contribution in [0, 0.1) is 5.92 Å². The van der Waals surface area contributed by atoms with Gasteiger partial charge in [-0.25, -0.2) is 4.79 Å². The van der Waals surface area contributed by atoms with Gasteiger partial charge in [0.15, 0.2) is 0 Å². The molecule has 2 aliphatic rings. The number of carbonyl (C=O) groups is 1. The molecule has 0 radical (unpaired) electrons. The van der Waals surface area contributed by atoms with E-state index in [1.807, 2.05) is 4.90 Å². The summed E-state index contributed by atoms with van der Waals surface area (Å²) in [5, 5.41) is 2.70. The van der Waals surface area contributed by atoms with Gasteiger partial charge < -0.3 is 15.1 Å². The molecule has 0 unspecified atom stereocenters. The van der Waals surface area contributed by atoms with Crippen LogP contribution in [0.25, 0.3) is 0 Å². The van der Waals surface area contributed by atoms with E-state index in [1.54, 1.807) is 7.05 Å². The van der Waals surface area contributed by atoms with E-state index in [-0.39, 0.29) is 6.03 Å². The first-order chi connectivity index (χ1) is 8.69. The maximum atomic E-state index is 11.5. The molecule has 0 aliphatic carbocycles. The van der Waals surface area contributed by atoms with E-state index in [9.17, 15) is 4.79 Å². The van der Waals surface area contributed by atoms with Crippen LogP contribution >= 0.6 is 0 Å². The lowest BCUT2D eigenvalue weighted by atomic mass is 9.96. The number of urea groups is 1. The topological polar surface area (TPSA) is 38.8 Å². The van der Waals surface area contributed by atoms with Crippen molar-refractivity contribution in [3.63, 3.8) is 0 Å². The minimum Gasteiger partial charge on any atom is -0.341 e. The van der Waals surface area contributed by atoms with Gasteiger partial charge in [0.25, 0.3) is 0 Å². The molecule has 0 atom stereocenters. The second-order valence-electron chi connectivity index (χ2n) is 5.59. The van der Waals surface area contributed by atoms with Crippen molar-refractivity contribution in [3.8, 4) is 0 Å². The van der Waals surface area contributed by atoms with Gasteiger partial charge in [-0.3, -0.25) is 4.90 Å². The van der Waals surface area contributed by atoms with Crippen molar-refractivity contribution >= 4 is 6.03 Å². The van der Waals surface area contributed by atoms with Crippen molar-refractivity contribution in [2.45, 2.75) is 12.8 Å². The van der Waals surface area contributed by atoms with Crippen LogP contribution < -0.4 is 5.32 Å². The lowest BCUT2D eigenvalue weighted by molar-refractivity contribution is 0.110. The number of hydrogen-bond donors (Lipinski definition) is 1. The van der Waals surface area contributed by atoms with Gasteiger partial charge in [0.05, 0.1) is 0 Å². The van der Waals surface area contributed by atoms with Gasteiger partial charge >= 0.3 is 6.03 Å². The van der Waals surface area contributed by atoms with E-state index < -0.39 is 0 Å². The Hall–Kier alpha value is -0.810. The smallest absolute Gasteiger partial charge is 0.317 e. The highest BCUT2D eigenvalue weighted by Gasteiger charge is 2.24. The fourth-order valence-corrected chi connectivity index (χ4v) is 2.90. The molecule has 2 fully saturated rings. The summed E-state index contributed by atoms with van der Waals surface area (Å²) in [7, 11) is 3.91. The first-order valence-corrected chi connectivity index (χ1v) is 7.06. The number of amides is 2. The number of piperazine rings is 1. The van der Waals surface area contributed by atoms with Gasteiger partial charge in [0.2, 0.25) is 0 Å². The predicted octanol–water partition coefficient (Wildman–Crippen LogP) is 0.285. The molecular weight excluding hydrogens is 228 g/mol. The zero-order chi connectivity index (χ0) is 13.0.